The molecule has 11 heteroatoms. The monoisotopic (exact) mass is 398 g/mol. The molecule has 1 amide bonds. The highest BCUT2D eigenvalue weighted by atomic mass is 35.5. The van der Waals surface area contributed by atoms with Gasteiger partial charge in [-0.2, -0.15) is 0 Å². The van der Waals surface area contributed by atoms with Crippen molar-refractivity contribution in [2.45, 2.75) is 23.9 Å². The Morgan fingerprint density at radius 3 is 3.04 bits per heavy atom. The number of hydrogen-bond acceptors (Lipinski definition) is 7. The van der Waals surface area contributed by atoms with E-state index < -0.39 is 5.25 Å². The number of hydrogen-bond donors (Lipinski definition) is 1. The summed E-state index contributed by atoms with van der Waals surface area (Å²) in [7, 11) is 0. The van der Waals surface area contributed by atoms with Crippen LogP contribution in [0.15, 0.2) is 40.2 Å². The molecule has 3 heterocycles. The molecule has 0 aliphatic heterocycles. The van der Waals surface area contributed by atoms with Crippen LogP contribution < -0.4 is 5.32 Å². The smallest absolute Gasteiger partial charge is 0.238 e. The number of nitrogens with zero attached hydrogens (tertiary/aromatic N) is 5. The van der Waals surface area contributed by atoms with Crippen LogP contribution in [0.4, 0.5) is 5.82 Å². The Labute approximate surface area is 156 Å². The molecule has 8 nitrogen and oxygen atoms in total. The molecular formula is C14H12Cl2N6O2S. The number of furan rings is 1. The van der Waals surface area contributed by atoms with E-state index in [9.17, 15) is 4.79 Å². The topological polar surface area (TPSA) is 98.7 Å². The van der Waals surface area contributed by atoms with E-state index in [-0.39, 0.29) is 16.7 Å². The maximum atomic E-state index is 12.3. The largest absolute Gasteiger partial charge is 0.467 e. The lowest BCUT2D eigenvalue weighted by Crippen LogP contribution is -2.23. The van der Waals surface area contributed by atoms with Crippen molar-refractivity contribution in [3.8, 4) is 0 Å². The maximum Gasteiger partial charge on any atom is 0.238 e. The molecule has 1 unspecified atom stereocenters. The van der Waals surface area contributed by atoms with Gasteiger partial charge in [0.15, 0.2) is 5.82 Å². The zero-order chi connectivity index (χ0) is 17.8. The summed E-state index contributed by atoms with van der Waals surface area (Å²) in [5.74, 6) is 0.677. The fraction of sp³-hybridized carbons (Fsp3) is 0.214. The summed E-state index contributed by atoms with van der Waals surface area (Å²) >= 11 is 13.0. The van der Waals surface area contributed by atoms with E-state index in [0.717, 1.165) is 0 Å². The van der Waals surface area contributed by atoms with Crippen LogP contribution in [0, 0.1) is 0 Å². The fourth-order valence-corrected chi connectivity index (χ4v) is 3.08. The van der Waals surface area contributed by atoms with Gasteiger partial charge < -0.3 is 9.73 Å². The van der Waals surface area contributed by atoms with Gasteiger partial charge in [-0.05, 0) is 35.5 Å². The Balaban J connectivity index is 1.65. The van der Waals surface area contributed by atoms with Crippen molar-refractivity contribution in [2.24, 2.45) is 0 Å². The van der Waals surface area contributed by atoms with Crippen LogP contribution in [-0.2, 0) is 11.3 Å². The number of nitrogens with one attached hydrogen (secondary N) is 1. The summed E-state index contributed by atoms with van der Waals surface area (Å²) in [5, 5.41) is 14.8. The molecule has 130 valence electrons. The molecular weight excluding hydrogens is 387 g/mol. The second-order valence-electron chi connectivity index (χ2n) is 4.93. The number of thioether (sulfide) groups is 1. The number of anilines is 1. The Bertz CT molecular complexity index is 870. The molecule has 0 aliphatic rings. The molecule has 0 aliphatic carbocycles. The van der Waals surface area contributed by atoms with Gasteiger partial charge in [0, 0.05) is 6.20 Å². The lowest BCUT2D eigenvalue weighted by atomic mass is 10.4. The SMILES string of the molecule is CC(Sc1nnnn1Cc1ccco1)C(=O)Nc1ncc(Cl)cc1Cl. The molecule has 3 aromatic rings. The van der Waals surface area contributed by atoms with E-state index in [1.807, 2.05) is 6.07 Å². The van der Waals surface area contributed by atoms with E-state index in [1.165, 1.54) is 24.0 Å². The first-order chi connectivity index (χ1) is 12.0. The molecule has 0 fully saturated rings. The third kappa shape index (κ3) is 4.50. The molecule has 0 radical (unpaired) electrons. The quantitative estimate of drug-likeness (QED) is 0.636. The molecule has 1 N–H and O–H groups in total. The van der Waals surface area contributed by atoms with Crippen molar-refractivity contribution in [1.29, 1.82) is 0 Å². The van der Waals surface area contributed by atoms with Crippen molar-refractivity contribution < 1.29 is 9.21 Å². The molecule has 0 spiro atoms. The van der Waals surface area contributed by atoms with E-state index in [2.05, 4.69) is 25.8 Å². The maximum absolute atomic E-state index is 12.3. The average molecular weight is 399 g/mol. The highest BCUT2D eigenvalue weighted by molar-refractivity contribution is 8.00. The number of amides is 1. The molecule has 0 bridgehead atoms. The van der Waals surface area contributed by atoms with Gasteiger partial charge in [0.2, 0.25) is 11.1 Å². The minimum atomic E-state index is -0.477. The standard InChI is InChI=1S/C14H12Cl2N6O2S/c1-8(13(23)18-12-11(16)5-9(15)6-17-12)25-14-19-20-21-22(14)7-10-3-2-4-24-10/h2-6,8H,7H2,1H3,(H,17,18,23). The summed E-state index contributed by atoms with van der Waals surface area (Å²) < 4.78 is 6.83. The van der Waals surface area contributed by atoms with Crippen LogP contribution in [0.2, 0.25) is 10.0 Å². The Hall–Kier alpha value is -2.10. The number of rotatable bonds is 6. The number of aromatic nitrogens is 5. The number of tetrazole rings is 1. The van der Waals surface area contributed by atoms with Gasteiger partial charge in [-0.3, -0.25) is 4.79 Å². The zero-order valence-electron chi connectivity index (χ0n) is 12.9. The Morgan fingerprint density at radius 2 is 2.32 bits per heavy atom. The van der Waals surface area contributed by atoms with Gasteiger partial charge in [0.25, 0.3) is 0 Å². The van der Waals surface area contributed by atoms with E-state index in [1.54, 1.807) is 23.9 Å². The van der Waals surface area contributed by atoms with Crippen molar-refractivity contribution in [3.05, 3.63) is 46.5 Å². The van der Waals surface area contributed by atoms with Gasteiger partial charge in [-0.25, -0.2) is 9.67 Å². The predicted molar refractivity (Wildman–Crippen MR) is 93.8 cm³/mol. The first-order valence-electron chi connectivity index (χ1n) is 7.10. The first kappa shape index (κ1) is 17.7. The number of carbonyl (C=O) groups is 1. The van der Waals surface area contributed by atoms with Gasteiger partial charge >= 0.3 is 0 Å². The van der Waals surface area contributed by atoms with Gasteiger partial charge in [0.1, 0.15) is 12.3 Å². The lowest BCUT2D eigenvalue weighted by Gasteiger charge is -2.11. The zero-order valence-corrected chi connectivity index (χ0v) is 15.2. The summed E-state index contributed by atoms with van der Waals surface area (Å²) in [6.45, 7) is 2.11. The highest BCUT2D eigenvalue weighted by Gasteiger charge is 2.20. The average Bonchev–Trinajstić information content (AvgIpc) is 3.23. The fourth-order valence-electron chi connectivity index (χ4n) is 1.87. The molecule has 25 heavy (non-hydrogen) atoms. The van der Waals surface area contributed by atoms with Crippen LogP contribution in [0.25, 0.3) is 0 Å². The Morgan fingerprint density at radius 1 is 1.48 bits per heavy atom. The van der Waals surface area contributed by atoms with Crippen LogP contribution in [0.1, 0.15) is 12.7 Å². The normalized spacial score (nSPS) is 12.1. The van der Waals surface area contributed by atoms with Gasteiger partial charge in [-0.1, -0.05) is 35.0 Å². The van der Waals surface area contributed by atoms with Crippen molar-refractivity contribution in [2.75, 3.05) is 5.32 Å². The Kier molecular flexibility index (Phi) is 5.57. The van der Waals surface area contributed by atoms with Crippen molar-refractivity contribution in [3.63, 3.8) is 0 Å². The highest BCUT2D eigenvalue weighted by Crippen LogP contribution is 2.25. The lowest BCUT2D eigenvalue weighted by molar-refractivity contribution is -0.115. The summed E-state index contributed by atoms with van der Waals surface area (Å²) in [4.78, 5) is 16.3. The van der Waals surface area contributed by atoms with Crippen LogP contribution in [-0.4, -0.2) is 36.3 Å². The van der Waals surface area contributed by atoms with Crippen molar-refractivity contribution >= 4 is 46.7 Å². The minimum Gasteiger partial charge on any atom is -0.467 e. The van der Waals surface area contributed by atoms with Crippen LogP contribution in [0.3, 0.4) is 0 Å². The van der Waals surface area contributed by atoms with Crippen LogP contribution >= 0.6 is 35.0 Å². The molecule has 3 aromatic heterocycles. The summed E-state index contributed by atoms with van der Waals surface area (Å²) in [6, 6.07) is 5.11. The van der Waals surface area contributed by atoms with E-state index in [4.69, 9.17) is 27.6 Å². The summed E-state index contributed by atoms with van der Waals surface area (Å²) in [5.41, 5.74) is 0. The second-order valence-corrected chi connectivity index (χ2v) is 7.08. The predicted octanol–water partition coefficient (Wildman–Crippen LogP) is 3.14. The third-order valence-electron chi connectivity index (χ3n) is 3.09. The number of pyridine rings is 1. The molecule has 3 rings (SSSR count). The number of carbonyl (C=O) groups excluding carboxylic acids is 1. The van der Waals surface area contributed by atoms with Gasteiger partial charge in [0.05, 0.1) is 21.6 Å². The van der Waals surface area contributed by atoms with E-state index >= 15 is 0 Å². The third-order valence-corrected chi connectivity index (χ3v) is 4.65. The van der Waals surface area contributed by atoms with E-state index in [0.29, 0.717) is 22.5 Å². The summed E-state index contributed by atoms with van der Waals surface area (Å²) in [6.07, 6.45) is 2.98. The molecule has 0 saturated heterocycles. The molecule has 0 aromatic carbocycles. The molecule has 0 saturated carbocycles. The van der Waals surface area contributed by atoms with Crippen LogP contribution in [0.5, 0.6) is 0 Å². The van der Waals surface area contributed by atoms with Gasteiger partial charge in [-0.15, -0.1) is 5.10 Å². The van der Waals surface area contributed by atoms with Crippen molar-refractivity contribution in [1.82, 2.24) is 25.2 Å². The molecule has 1 atom stereocenters. The first-order valence-corrected chi connectivity index (χ1v) is 8.73. The minimum absolute atomic E-state index is 0.249. The number of halogens is 2. The second kappa shape index (κ2) is 7.85.